The minimum Gasteiger partial charge on any atom is -0.389 e. The maximum absolute atomic E-state index is 9.70. The molecule has 1 N–H and O–H groups in total. The molecule has 0 heterocycles. The lowest BCUT2D eigenvalue weighted by Crippen LogP contribution is -2.03. The van der Waals surface area contributed by atoms with Crippen LogP contribution in [0.3, 0.4) is 0 Å². The summed E-state index contributed by atoms with van der Waals surface area (Å²) in [7, 11) is 0. The van der Waals surface area contributed by atoms with Crippen LogP contribution in [0.1, 0.15) is 46.5 Å². The van der Waals surface area contributed by atoms with Gasteiger partial charge in [0.05, 0.1) is 6.10 Å². The predicted octanol–water partition coefficient (Wildman–Crippen LogP) is 2.89. The van der Waals surface area contributed by atoms with Crippen LogP contribution in [-0.4, -0.2) is 11.2 Å². The molecule has 0 aromatic carbocycles. The van der Waals surface area contributed by atoms with Crippen molar-refractivity contribution in [3.63, 3.8) is 0 Å². The minimum atomic E-state index is -0.133. The van der Waals surface area contributed by atoms with Crippen LogP contribution in [0, 0.1) is 5.92 Å². The zero-order chi connectivity index (χ0) is 9.14. The van der Waals surface area contributed by atoms with Crippen LogP contribution in [0.15, 0.2) is 11.1 Å². The standard InChI is InChI=1S/C11H20O/c1-4-5-9-6-10(8(2)3)11(12)7-9/h9,11-12H,4-7H2,1-3H3. The first-order valence-electron chi connectivity index (χ1n) is 4.99. The van der Waals surface area contributed by atoms with Gasteiger partial charge in [-0.3, -0.25) is 0 Å². The Morgan fingerprint density at radius 1 is 1.50 bits per heavy atom. The van der Waals surface area contributed by atoms with Crippen molar-refractivity contribution in [2.45, 2.75) is 52.6 Å². The van der Waals surface area contributed by atoms with Gasteiger partial charge < -0.3 is 5.11 Å². The lowest BCUT2D eigenvalue weighted by atomic mass is 10.0. The third kappa shape index (κ3) is 2.10. The molecule has 0 aliphatic heterocycles. The maximum atomic E-state index is 9.70. The number of aliphatic hydroxyl groups is 1. The van der Waals surface area contributed by atoms with Gasteiger partial charge in [-0.1, -0.05) is 25.3 Å². The van der Waals surface area contributed by atoms with Gasteiger partial charge in [0.2, 0.25) is 0 Å². The van der Waals surface area contributed by atoms with Gasteiger partial charge >= 0.3 is 0 Å². The summed E-state index contributed by atoms with van der Waals surface area (Å²) in [6.45, 7) is 6.42. The van der Waals surface area contributed by atoms with E-state index < -0.39 is 0 Å². The van der Waals surface area contributed by atoms with E-state index in [1.807, 2.05) is 0 Å². The minimum absolute atomic E-state index is 0.133. The summed E-state index contributed by atoms with van der Waals surface area (Å²) in [5.41, 5.74) is 2.62. The van der Waals surface area contributed by atoms with E-state index in [9.17, 15) is 5.11 Å². The van der Waals surface area contributed by atoms with Crippen molar-refractivity contribution < 1.29 is 5.11 Å². The SMILES string of the molecule is CCCC1CC(=C(C)C)C(O)C1. The fraction of sp³-hybridized carbons (Fsp3) is 0.818. The predicted molar refractivity (Wildman–Crippen MR) is 52.0 cm³/mol. The molecule has 1 heteroatoms. The summed E-state index contributed by atoms with van der Waals surface area (Å²) in [6, 6.07) is 0. The lowest BCUT2D eigenvalue weighted by Gasteiger charge is -2.04. The van der Waals surface area contributed by atoms with Crippen molar-refractivity contribution in [3.8, 4) is 0 Å². The van der Waals surface area contributed by atoms with Crippen LogP contribution in [0.25, 0.3) is 0 Å². The number of hydrogen-bond acceptors (Lipinski definition) is 1. The van der Waals surface area contributed by atoms with Crippen LogP contribution in [-0.2, 0) is 0 Å². The van der Waals surface area contributed by atoms with Crippen molar-refractivity contribution >= 4 is 0 Å². The number of hydrogen-bond donors (Lipinski definition) is 1. The van der Waals surface area contributed by atoms with Crippen LogP contribution < -0.4 is 0 Å². The highest BCUT2D eigenvalue weighted by Gasteiger charge is 2.27. The summed E-state index contributed by atoms with van der Waals surface area (Å²) in [4.78, 5) is 0. The van der Waals surface area contributed by atoms with Gasteiger partial charge in [-0.2, -0.15) is 0 Å². The highest BCUT2D eigenvalue weighted by atomic mass is 16.3. The Balaban J connectivity index is 2.57. The molecule has 0 aromatic heterocycles. The fourth-order valence-electron chi connectivity index (χ4n) is 2.15. The molecule has 1 aliphatic carbocycles. The van der Waals surface area contributed by atoms with E-state index in [1.54, 1.807) is 0 Å². The Kier molecular flexibility index (Phi) is 3.33. The lowest BCUT2D eigenvalue weighted by molar-refractivity contribution is 0.205. The molecule has 0 amide bonds. The molecule has 2 unspecified atom stereocenters. The second-order valence-corrected chi connectivity index (χ2v) is 4.14. The van der Waals surface area contributed by atoms with Crippen molar-refractivity contribution in [2.24, 2.45) is 5.92 Å². The quantitative estimate of drug-likeness (QED) is 0.629. The van der Waals surface area contributed by atoms with Crippen molar-refractivity contribution in [1.29, 1.82) is 0 Å². The zero-order valence-electron chi connectivity index (χ0n) is 8.43. The highest BCUT2D eigenvalue weighted by Crippen LogP contribution is 2.35. The summed E-state index contributed by atoms with van der Waals surface area (Å²) >= 11 is 0. The first-order valence-corrected chi connectivity index (χ1v) is 4.99. The highest BCUT2D eigenvalue weighted by molar-refractivity contribution is 5.19. The normalized spacial score (nSPS) is 29.5. The van der Waals surface area contributed by atoms with E-state index in [4.69, 9.17) is 0 Å². The molecule has 0 radical (unpaired) electrons. The van der Waals surface area contributed by atoms with E-state index in [0.29, 0.717) is 0 Å². The maximum Gasteiger partial charge on any atom is 0.0755 e. The number of aliphatic hydroxyl groups excluding tert-OH is 1. The summed E-state index contributed by atoms with van der Waals surface area (Å²) < 4.78 is 0. The molecule has 12 heavy (non-hydrogen) atoms. The molecule has 70 valence electrons. The van der Waals surface area contributed by atoms with Crippen molar-refractivity contribution in [3.05, 3.63) is 11.1 Å². The van der Waals surface area contributed by atoms with E-state index in [0.717, 1.165) is 18.8 Å². The fourth-order valence-corrected chi connectivity index (χ4v) is 2.15. The first kappa shape index (κ1) is 9.79. The molecule has 0 spiro atoms. The Morgan fingerprint density at radius 2 is 2.17 bits per heavy atom. The Hall–Kier alpha value is -0.300. The first-order chi connectivity index (χ1) is 5.65. The Bertz CT molecular complexity index is 177. The van der Waals surface area contributed by atoms with Gasteiger partial charge in [0.1, 0.15) is 0 Å². The van der Waals surface area contributed by atoms with E-state index in [1.165, 1.54) is 24.0 Å². The molecule has 1 rings (SSSR count). The van der Waals surface area contributed by atoms with E-state index in [-0.39, 0.29) is 6.10 Å². The second-order valence-electron chi connectivity index (χ2n) is 4.14. The molecule has 0 aromatic rings. The monoisotopic (exact) mass is 168 g/mol. The largest absolute Gasteiger partial charge is 0.389 e. The third-order valence-corrected chi connectivity index (χ3v) is 2.81. The van der Waals surface area contributed by atoms with Crippen LogP contribution in [0.4, 0.5) is 0 Å². The van der Waals surface area contributed by atoms with Crippen LogP contribution in [0.2, 0.25) is 0 Å². The summed E-state index contributed by atoms with van der Waals surface area (Å²) in [6.07, 6.45) is 4.51. The topological polar surface area (TPSA) is 20.2 Å². The number of rotatable bonds is 2. The molecule has 1 aliphatic rings. The molecule has 0 saturated heterocycles. The zero-order valence-corrected chi connectivity index (χ0v) is 8.43. The summed E-state index contributed by atoms with van der Waals surface area (Å²) in [5, 5.41) is 9.70. The van der Waals surface area contributed by atoms with Gasteiger partial charge in [-0.15, -0.1) is 0 Å². The van der Waals surface area contributed by atoms with E-state index in [2.05, 4.69) is 20.8 Å². The Labute approximate surface area is 75.5 Å². The smallest absolute Gasteiger partial charge is 0.0755 e. The molecule has 1 nitrogen and oxygen atoms in total. The van der Waals surface area contributed by atoms with Crippen LogP contribution in [0.5, 0.6) is 0 Å². The average molecular weight is 168 g/mol. The molecule has 1 fully saturated rings. The van der Waals surface area contributed by atoms with Gasteiger partial charge in [0.25, 0.3) is 0 Å². The molecular weight excluding hydrogens is 148 g/mol. The van der Waals surface area contributed by atoms with Gasteiger partial charge in [0, 0.05) is 0 Å². The summed E-state index contributed by atoms with van der Waals surface area (Å²) in [5.74, 6) is 0.745. The Morgan fingerprint density at radius 3 is 2.58 bits per heavy atom. The van der Waals surface area contributed by atoms with Gasteiger partial charge in [-0.25, -0.2) is 0 Å². The second kappa shape index (κ2) is 4.08. The van der Waals surface area contributed by atoms with E-state index >= 15 is 0 Å². The van der Waals surface area contributed by atoms with Gasteiger partial charge in [-0.05, 0) is 38.2 Å². The molecule has 2 atom stereocenters. The molecule has 0 bridgehead atoms. The van der Waals surface area contributed by atoms with Crippen molar-refractivity contribution in [1.82, 2.24) is 0 Å². The van der Waals surface area contributed by atoms with Crippen molar-refractivity contribution in [2.75, 3.05) is 0 Å². The molecule has 1 saturated carbocycles. The molecular formula is C11H20O. The van der Waals surface area contributed by atoms with Gasteiger partial charge in [0.15, 0.2) is 0 Å². The van der Waals surface area contributed by atoms with Crippen LogP contribution >= 0.6 is 0 Å². The average Bonchev–Trinajstić information content (AvgIpc) is 2.32. The number of allylic oxidation sites excluding steroid dienone is 1. The third-order valence-electron chi connectivity index (χ3n) is 2.81.